The third-order valence-electron chi connectivity index (χ3n) is 3.50. The lowest BCUT2D eigenvalue weighted by atomic mass is 10.1. The van der Waals surface area contributed by atoms with Gasteiger partial charge in [-0.05, 0) is 42.3 Å². The molecule has 0 saturated heterocycles. The minimum Gasteiger partial charge on any atom is -0.345 e. The van der Waals surface area contributed by atoms with E-state index in [4.69, 9.17) is 0 Å². The molecule has 0 radical (unpaired) electrons. The summed E-state index contributed by atoms with van der Waals surface area (Å²) >= 11 is 0. The Hall–Kier alpha value is -3.15. The first-order valence-corrected chi connectivity index (χ1v) is 7.30. The van der Waals surface area contributed by atoms with E-state index in [9.17, 15) is 9.59 Å². The molecule has 2 amide bonds. The molecule has 6 heteroatoms. The van der Waals surface area contributed by atoms with Crippen LogP contribution in [0.5, 0.6) is 0 Å². The number of amides is 2. The molecule has 6 nitrogen and oxygen atoms in total. The smallest absolute Gasteiger partial charge is 0.314 e. The third kappa shape index (κ3) is 3.37. The van der Waals surface area contributed by atoms with Gasteiger partial charge in [-0.15, -0.1) is 0 Å². The van der Waals surface area contributed by atoms with Crippen LogP contribution in [0.4, 0.5) is 11.4 Å². The fraction of sp³-hybridized carbons (Fsp3) is 0.118. The van der Waals surface area contributed by atoms with E-state index < -0.39 is 11.8 Å². The minimum absolute atomic E-state index is 0.531. The van der Waals surface area contributed by atoms with Crippen molar-refractivity contribution in [2.24, 2.45) is 0 Å². The fourth-order valence-electron chi connectivity index (χ4n) is 2.21. The lowest BCUT2D eigenvalue weighted by molar-refractivity contribution is -0.132. The van der Waals surface area contributed by atoms with Gasteiger partial charge >= 0.3 is 11.8 Å². The summed E-state index contributed by atoms with van der Waals surface area (Å²) in [5, 5.41) is 5.14. The van der Waals surface area contributed by atoms with Gasteiger partial charge in [0.1, 0.15) is 0 Å². The monoisotopic (exact) mass is 308 g/mol. The number of rotatable bonds is 3. The van der Waals surface area contributed by atoms with E-state index in [1.807, 2.05) is 12.1 Å². The maximum atomic E-state index is 12.0. The molecular formula is C17H16N4O2. The molecule has 0 atom stereocenters. The van der Waals surface area contributed by atoms with Gasteiger partial charge in [0, 0.05) is 11.4 Å². The highest BCUT2D eigenvalue weighted by Crippen LogP contribution is 2.16. The van der Waals surface area contributed by atoms with Crippen molar-refractivity contribution in [3.8, 4) is 0 Å². The third-order valence-corrected chi connectivity index (χ3v) is 3.50. The number of carbonyl (C=O) groups excluding carboxylic acids is 2. The summed E-state index contributed by atoms with van der Waals surface area (Å²) in [5.41, 5.74) is 3.87. The summed E-state index contributed by atoms with van der Waals surface area (Å²) in [7, 11) is 0. The fourth-order valence-corrected chi connectivity index (χ4v) is 2.21. The summed E-state index contributed by atoms with van der Waals surface area (Å²) in [4.78, 5) is 31.0. The van der Waals surface area contributed by atoms with Crippen LogP contribution in [0, 0.1) is 0 Å². The molecular weight excluding hydrogens is 292 g/mol. The Morgan fingerprint density at radius 1 is 1.00 bits per heavy atom. The van der Waals surface area contributed by atoms with Crippen molar-refractivity contribution in [3.63, 3.8) is 0 Å². The van der Waals surface area contributed by atoms with E-state index in [-0.39, 0.29) is 0 Å². The normalized spacial score (nSPS) is 10.5. The Morgan fingerprint density at radius 2 is 1.65 bits per heavy atom. The van der Waals surface area contributed by atoms with E-state index in [1.165, 1.54) is 5.56 Å². The molecule has 23 heavy (non-hydrogen) atoms. The molecule has 3 aromatic rings. The number of nitrogens with zero attached hydrogens (tertiary/aromatic N) is 1. The topological polar surface area (TPSA) is 86.9 Å². The molecule has 0 bridgehead atoms. The lowest BCUT2D eigenvalue weighted by Crippen LogP contribution is -2.29. The second-order valence-corrected chi connectivity index (χ2v) is 5.09. The van der Waals surface area contributed by atoms with E-state index in [1.54, 1.807) is 36.7 Å². The zero-order valence-corrected chi connectivity index (χ0v) is 12.6. The van der Waals surface area contributed by atoms with Crippen LogP contribution in [0.2, 0.25) is 0 Å². The van der Waals surface area contributed by atoms with Crippen LogP contribution in [0.15, 0.2) is 48.8 Å². The van der Waals surface area contributed by atoms with Crippen LogP contribution in [-0.2, 0) is 16.0 Å². The molecule has 0 aliphatic carbocycles. The van der Waals surface area contributed by atoms with Crippen molar-refractivity contribution in [2.45, 2.75) is 13.3 Å². The number of fused-ring (bicyclic) bond motifs is 1. The first kappa shape index (κ1) is 14.8. The van der Waals surface area contributed by atoms with Crippen LogP contribution in [0.25, 0.3) is 11.0 Å². The van der Waals surface area contributed by atoms with Gasteiger partial charge in [-0.1, -0.05) is 19.1 Å². The maximum absolute atomic E-state index is 12.0. The van der Waals surface area contributed by atoms with Crippen molar-refractivity contribution in [1.29, 1.82) is 0 Å². The standard InChI is InChI=1S/C17H16N4O2/c1-2-11-3-5-12(6-4-11)20-16(22)17(23)21-13-7-8-14-15(9-13)19-10-18-14/h3-10H,2H2,1H3,(H,18,19)(H,20,22)(H,21,23). The Labute approximate surface area is 132 Å². The van der Waals surface area contributed by atoms with E-state index >= 15 is 0 Å². The van der Waals surface area contributed by atoms with E-state index in [0.717, 1.165) is 17.5 Å². The highest BCUT2D eigenvalue weighted by Gasteiger charge is 2.14. The number of nitrogens with one attached hydrogen (secondary N) is 3. The molecule has 0 unspecified atom stereocenters. The molecule has 0 aliphatic rings. The van der Waals surface area contributed by atoms with Gasteiger partial charge in [-0.25, -0.2) is 4.98 Å². The quantitative estimate of drug-likeness (QED) is 0.650. The first-order valence-electron chi connectivity index (χ1n) is 7.30. The largest absolute Gasteiger partial charge is 0.345 e. The molecule has 1 heterocycles. The highest BCUT2D eigenvalue weighted by atomic mass is 16.2. The minimum atomic E-state index is -0.719. The summed E-state index contributed by atoms with van der Waals surface area (Å²) in [6.45, 7) is 2.05. The predicted octanol–water partition coefficient (Wildman–Crippen LogP) is 2.70. The average molecular weight is 308 g/mol. The second-order valence-electron chi connectivity index (χ2n) is 5.09. The number of imidazole rings is 1. The van der Waals surface area contributed by atoms with E-state index in [2.05, 4.69) is 27.5 Å². The van der Waals surface area contributed by atoms with Crippen molar-refractivity contribution >= 4 is 34.2 Å². The molecule has 0 fully saturated rings. The zero-order chi connectivity index (χ0) is 16.2. The summed E-state index contributed by atoms with van der Waals surface area (Å²) < 4.78 is 0. The first-order chi connectivity index (χ1) is 11.2. The van der Waals surface area contributed by atoms with Crippen LogP contribution in [0.1, 0.15) is 12.5 Å². The van der Waals surface area contributed by atoms with Crippen molar-refractivity contribution < 1.29 is 9.59 Å². The molecule has 116 valence electrons. The van der Waals surface area contributed by atoms with Crippen LogP contribution >= 0.6 is 0 Å². The molecule has 2 aromatic carbocycles. The van der Waals surface area contributed by atoms with Gasteiger partial charge in [-0.2, -0.15) is 0 Å². The van der Waals surface area contributed by atoms with Crippen molar-refractivity contribution in [3.05, 3.63) is 54.4 Å². The Morgan fingerprint density at radius 3 is 2.35 bits per heavy atom. The summed E-state index contributed by atoms with van der Waals surface area (Å²) in [6.07, 6.45) is 2.49. The van der Waals surface area contributed by atoms with Gasteiger partial charge in [-0.3, -0.25) is 9.59 Å². The summed E-state index contributed by atoms with van der Waals surface area (Å²) in [5.74, 6) is -1.43. The van der Waals surface area contributed by atoms with Crippen molar-refractivity contribution in [1.82, 2.24) is 9.97 Å². The van der Waals surface area contributed by atoms with Gasteiger partial charge in [0.15, 0.2) is 0 Å². The number of H-pyrrole nitrogens is 1. The zero-order valence-electron chi connectivity index (χ0n) is 12.6. The number of hydrogen-bond acceptors (Lipinski definition) is 3. The number of anilines is 2. The van der Waals surface area contributed by atoms with Crippen LogP contribution < -0.4 is 10.6 Å². The SMILES string of the molecule is CCc1ccc(NC(=O)C(=O)Nc2ccc3nc[nH]c3c2)cc1. The molecule has 3 N–H and O–H groups in total. The predicted molar refractivity (Wildman–Crippen MR) is 89.2 cm³/mol. The lowest BCUT2D eigenvalue weighted by Gasteiger charge is -2.07. The number of aromatic nitrogens is 2. The van der Waals surface area contributed by atoms with Gasteiger partial charge in [0.05, 0.1) is 17.4 Å². The van der Waals surface area contributed by atoms with Crippen LogP contribution in [0.3, 0.4) is 0 Å². The number of benzene rings is 2. The van der Waals surface area contributed by atoms with E-state index in [0.29, 0.717) is 11.4 Å². The van der Waals surface area contributed by atoms with Crippen molar-refractivity contribution in [2.75, 3.05) is 10.6 Å². The molecule has 3 rings (SSSR count). The number of aryl methyl sites for hydroxylation is 1. The molecule has 0 saturated carbocycles. The second kappa shape index (κ2) is 6.31. The molecule has 0 aliphatic heterocycles. The van der Waals surface area contributed by atoms with Gasteiger partial charge < -0.3 is 15.6 Å². The number of aromatic amines is 1. The Balaban J connectivity index is 1.65. The Bertz CT molecular complexity index is 852. The average Bonchev–Trinajstić information content (AvgIpc) is 3.03. The Kier molecular flexibility index (Phi) is 4.05. The highest BCUT2D eigenvalue weighted by molar-refractivity contribution is 6.43. The van der Waals surface area contributed by atoms with Gasteiger partial charge in [0.2, 0.25) is 0 Å². The molecule has 1 aromatic heterocycles. The maximum Gasteiger partial charge on any atom is 0.314 e. The number of hydrogen-bond donors (Lipinski definition) is 3. The van der Waals surface area contributed by atoms with Gasteiger partial charge in [0.25, 0.3) is 0 Å². The summed E-state index contributed by atoms with van der Waals surface area (Å²) in [6, 6.07) is 12.6. The van der Waals surface area contributed by atoms with Crippen LogP contribution in [-0.4, -0.2) is 21.8 Å². The number of carbonyl (C=O) groups is 2. The molecule has 0 spiro atoms.